The molecule has 0 heterocycles. The molecule has 1 aromatic carbocycles. The third-order valence-corrected chi connectivity index (χ3v) is 3.12. The Morgan fingerprint density at radius 2 is 2.06 bits per heavy atom. The number of hydrogen-bond acceptors (Lipinski definition) is 2. The van der Waals surface area contributed by atoms with E-state index >= 15 is 0 Å². The van der Waals surface area contributed by atoms with Gasteiger partial charge in [-0.25, -0.2) is 4.39 Å². The summed E-state index contributed by atoms with van der Waals surface area (Å²) in [5, 5.41) is 10.0. The van der Waals surface area contributed by atoms with Crippen molar-refractivity contribution in [2.45, 2.75) is 32.4 Å². The molecule has 0 saturated carbocycles. The van der Waals surface area contributed by atoms with Crippen LogP contribution < -0.4 is 5.73 Å². The first kappa shape index (κ1) is 13.6. The molecule has 0 aromatic heterocycles. The number of rotatable bonds is 4. The van der Waals surface area contributed by atoms with Gasteiger partial charge in [-0.05, 0) is 30.0 Å². The zero-order valence-corrected chi connectivity index (χ0v) is 11.0. The Kier molecular flexibility index (Phi) is 4.89. The van der Waals surface area contributed by atoms with Gasteiger partial charge in [0.25, 0.3) is 0 Å². The van der Waals surface area contributed by atoms with Gasteiger partial charge in [-0.2, -0.15) is 0 Å². The second-order valence-electron chi connectivity index (χ2n) is 4.40. The van der Waals surface area contributed by atoms with Crippen molar-refractivity contribution in [2.24, 2.45) is 11.7 Å². The third-order valence-electron chi connectivity index (χ3n) is 2.43. The Hall–Kier alpha value is -0.450. The fourth-order valence-electron chi connectivity index (χ4n) is 1.65. The predicted molar refractivity (Wildman–Crippen MR) is 66.5 cm³/mol. The van der Waals surface area contributed by atoms with E-state index in [4.69, 9.17) is 5.73 Å². The van der Waals surface area contributed by atoms with E-state index in [9.17, 15) is 9.50 Å². The molecular weight excluding hydrogens is 273 g/mol. The molecule has 16 heavy (non-hydrogen) atoms. The summed E-state index contributed by atoms with van der Waals surface area (Å²) in [6.45, 7) is 4.10. The van der Waals surface area contributed by atoms with Gasteiger partial charge in [-0.3, -0.25) is 0 Å². The Bertz CT molecular complexity index is 357. The summed E-state index contributed by atoms with van der Waals surface area (Å²) in [5.41, 5.74) is 6.53. The Morgan fingerprint density at radius 3 is 2.56 bits per heavy atom. The van der Waals surface area contributed by atoms with Crippen molar-refractivity contribution in [1.82, 2.24) is 0 Å². The largest absolute Gasteiger partial charge is 0.387 e. The maximum absolute atomic E-state index is 12.9. The van der Waals surface area contributed by atoms with Crippen LogP contribution in [0.1, 0.15) is 31.9 Å². The van der Waals surface area contributed by atoms with Crippen molar-refractivity contribution >= 4 is 15.9 Å². The van der Waals surface area contributed by atoms with Crippen LogP contribution in [0, 0.1) is 11.7 Å². The van der Waals surface area contributed by atoms with E-state index in [1.807, 2.05) is 13.8 Å². The van der Waals surface area contributed by atoms with Gasteiger partial charge in [-0.15, -0.1) is 0 Å². The maximum atomic E-state index is 12.9. The van der Waals surface area contributed by atoms with Crippen molar-refractivity contribution in [3.8, 4) is 0 Å². The Balaban J connectivity index is 2.83. The monoisotopic (exact) mass is 289 g/mol. The van der Waals surface area contributed by atoms with Gasteiger partial charge < -0.3 is 10.8 Å². The highest BCUT2D eigenvalue weighted by atomic mass is 79.9. The molecule has 0 aliphatic carbocycles. The van der Waals surface area contributed by atoms with Crippen molar-refractivity contribution in [3.63, 3.8) is 0 Å². The fourth-order valence-corrected chi connectivity index (χ4v) is 2.23. The van der Waals surface area contributed by atoms with Crippen molar-refractivity contribution in [1.29, 1.82) is 0 Å². The van der Waals surface area contributed by atoms with Crippen molar-refractivity contribution < 1.29 is 9.50 Å². The van der Waals surface area contributed by atoms with Gasteiger partial charge in [0.1, 0.15) is 5.82 Å². The fraction of sp³-hybridized carbons (Fsp3) is 0.500. The van der Waals surface area contributed by atoms with Crippen LogP contribution in [0.2, 0.25) is 0 Å². The molecule has 0 radical (unpaired) electrons. The van der Waals surface area contributed by atoms with Crippen LogP contribution in [-0.4, -0.2) is 11.1 Å². The molecule has 0 saturated heterocycles. The first-order valence-corrected chi connectivity index (χ1v) is 6.09. The quantitative estimate of drug-likeness (QED) is 0.895. The SMILES string of the molecule is CC(C)CC(N)C(O)c1ccc(F)cc1Br. The molecule has 0 aliphatic rings. The molecule has 0 bridgehead atoms. The molecule has 0 amide bonds. The zero-order valence-electron chi connectivity index (χ0n) is 9.45. The normalized spacial score (nSPS) is 15.2. The van der Waals surface area contributed by atoms with Gasteiger partial charge in [0.05, 0.1) is 6.10 Å². The molecule has 0 aliphatic heterocycles. The summed E-state index contributed by atoms with van der Waals surface area (Å²) in [6.07, 6.45) is -0.0392. The van der Waals surface area contributed by atoms with E-state index in [-0.39, 0.29) is 11.9 Å². The molecular formula is C12H17BrFNO. The minimum absolute atomic E-state index is 0.332. The molecule has 3 N–H and O–H groups in total. The number of nitrogens with two attached hydrogens (primary N) is 1. The van der Waals surface area contributed by atoms with Crippen molar-refractivity contribution in [2.75, 3.05) is 0 Å². The highest BCUT2D eigenvalue weighted by Gasteiger charge is 2.20. The van der Waals surface area contributed by atoms with Gasteiger partial charge >= 0.3 is 0 Å². The van der Waals surface area contributed by atoms with Crippen LogP contribution in [-0.2, 0) is 0 Å². The minimum Gasteiger partial charge on any atom is -0.387 e. The highest BCUT2D eigenvalue weighted by molar-refractivity contribution is 9.10. The first-order valence-electron chi connectivity index (χ1n) is 5.30. The number of aliphatic hydroxyl groups is 1. The summed E-state index contributed by atoms with van der Waals surface area (Å²) in [5.74, 6) is 0.0872. The van der Waals surface area contributed by atoms with Crippen LogP contribution >= 0.6 is 15.9 Å². The lowest BCUT2D eigenvalue weighted by molar-refractivity contribution is 0.135. The summed E-state index contributed by atoms with van der Waals surface area (Å²) in [7, 11) is 0. The lowest BCUT2D eigenvalue weighted by atomic mass is 9.95. The summed E-state index contributed by atoms with van der Waals surface area (Å²) < 4.78 is 13.4. The molecule has 0 spiro atoms. The summed E-state index contributed by atoms with van der Waals surface area (Å²) in [6, 6.07) is 3.89. The smallest absolute Gasteiger partial charge is 0.124 e. The van der Waals surface area contributed by atoms with E-state index in [0.717, 1.165) is 6.42 Å². The molecule has 1 rings (SSSR count). The lowest BCUT2D eigenvalue weighted by Crippen LogP contribution is -2.30. The van der Waals surface area contributed by atoms with Crippen molar-refractivity contribution in [3.05, 3.63) is 34.1 Å². The average Bonchev–Trinajstić information content (AvgIpc) is 2.15. The van der Waals surface area contributed by atoms with E-state index in [1.165, 1.54) is 12.1 Å². The lowest BCUT2D eigenvalue weighted by Gasteiger charge is -2.21. The molecule has 90 valence electrons. The number of benzene rings is 1. The summed E-state index contributed by atoms with van der Waals surface area (Å²) in [4.78, 5) is 0. The minimum atomic E-state index is -0.766. The number of hydrogen-bond donors (Lipinski definition) is 2. The molecule has 4 heteroatoms. The topological polar surface area (TPSA) is 46.2 Å². The standard InChI is InChI=1S/C12H17BrFNO/c1-7(2)5-11(15)12(16)9-4-3-8(14)6-10(9)13/h3-4,6-7,11-12,16H,5,15H2,1-2H3. The molecule has 2 unspecified atom stereocenters. The van der Waals surface area contributed by atoms with Crippen LogP contribution in [0.3, 0.4) is 0 Å². The zero-order chi connectivity index (χ0) is 12.3. The second-order valence-corrected chi connectivity index (χ2v) is 5.26. The molecule has 1 aromatic rings. The second kappa shape index (κ2) is 5.75. The molecule has 2 nitrogen and oxygen atoms in total. The Morgan fingerprint density at radius 1 is 1.44 bits per heavy atom. The average molecular weight is 290 g/mol. The van der Waals surface area contributed by atoms with Gasteiger partial charge in [0, 0.05) is 10.5 Å². The molecule has 0 fully saturated rings. The molecule has 2 atom stereocenters. The predicted octanol–water partition coefficient (Wildman–Crippen LogP) is 3.00. The first-order chi connectivity index (χ1) is 7.41. The number of aliphatic hydroxyl groups excluding tert-OH is 1. The van der Waals surface area contributed by atoms with E-state index in [1.54, 1.807) is 6.07 Å². The van der Waals surface area contributed by atoms with Crippen LogP contribution in [0.25, 0.3) is 0 Å². The third kappa shape index (κ3) is 3.54. The van der Waals surface area contributed by atoms with E-state index in [2.05, 4.69) is 15.9 Å². The van der Waals surface area contributed by atoms with Gasteiger partial charge in [0.15, 0.2) is 0 Å². The van der Waals surface area contributed by atoms with Gasteiger partial charge in [-0.1, -0.05) is 35.8 Å². The Labute approximate surface area is 104 Å². The van der Waals surface area contributed by atoms with E-state index in [0.29, 0.717) is 16.0 Å². The van der Waals surface area contributed by atoms with E-state index < -0.39 is 6.10 Å². The van der Waals surface area contributed by atoms with Gasteiger partial charge in [0.2, 0.25) is 0 Å². The van der Waals surface area contributed by atoms with Crippen LogP contribution in [0.15, 0.2) is 22.7 Å². The highest BCUT2D eigenvalue weighted by Crippen LogP contribution is 2.27. The number of halogens is 2. The van der Waals surface area contributed by atoms with Crippen LogP contribution in [0.4, 0.5) is 4.39 Å². The van der Waals surface area contributed by atoms with Crippen LogP contribution in [0.5, 0.6) is 0 Å². The summed E-state index contributed by atoms with van der Waals surface area (Å²) >= 11 is 3.23. The maximum Gasteiger partial charge on any atom is 0.124 e.